The van der Waals surface area contributed by atoms with Gasteiger partial charge >= 0.3 is 5.92 Å². The summed E-state index contributed by atoms with van der Waals surface area (Å²) in [5, 5.41) is 12.5. The predicted octanol–water partition coefficient (Wildman–Crippen LogP) is 4.86. The molecule has 1 aliphatic carbocycles. The van der Waals surface area contributed by atoms with Gasteiger partial charge in [0.25, 0.3) is 5.56 Å². The summed E-state index contributed by atoms with van der Waals surface area (Å²) in [6.45, 7) is 2.27. The minimum absolute atomic E-state index is 0.0383. The summed E-state index contributed by atoms with van der Waals surface area (Å²) in [6, 6.07) is 13.3. The van der Waals surface area contributed by atoms with Gasteiger partial charge in [-0.25, -0.2) is 14.4 Å². The highest BCUT2D eigenvalue weighted by atomic mass is 19.3. The lowest BCUT2D eigenvalue weighted by Crippen LogP contribution is -2.31. The first kappa shape index (κ1) is 25.8. The SMILES string of the molecule is N#Cc1ccc2c(c1)-c1cc(F)c(=O)n(Cc3cccc(-c4ncc(OCC5CCNCC5)cn4)c3)c1C2(F)F. The monoisotopic (exact) mass is 543 g/mol. The van der Waals surface area contributed by atoms with Crippen LogP contribution in [0.5, 0.6) is 5.75 Å². The average Bonchev–Trinajstić information content (AvgIpc) is 3.20. The van der Waals surface area contributed by atoms with Gasteiger partial charge in [-0.3, -0.25) is 9.36 Å². The minimum atomic E-state index is -3.55. The number of aromatic nitrogens is 3. The van der Waals surface area contributed by atoms with Crippen LogP contribution in [0.1, 0.15) is 35.2 Å². The molecule has 7 nitrogen and oxygen atoms in total. The topological polar surface area (TPSA) is 92.8 Å². The molecule has 1 N–H and O–H groups in total. The number of fused-ring (bicyclic) bond motifs is 3. The molecule has 1 saturated heterocycles. The third kappa shape index (κ3) is 4.62. The van der Waals surface area contributed by atoms with Crippen LogP contribution in [0, 0.1) is 23.1 Å². The van der Waals surface area contributed by atoms with Crippen LogP contribution in [0.2, 0.25) is 0 Å². The van der Waals surface area contributed by atoms with Crippen LogP contribution in [-0.2, 0) is 12.5 Å². The number of alkyl halides is 2. The van der Waals surface area contributed by atoms with Gasteiger partial charge in [0, 0.05) is 16.7 Å². The highest BCUT2D eigenvalue weighted by Gasteiger charge is 2.47. The number of nitrogens with one attached hydrogen (secondary N) is 1. The lowest BCUT2D eigenvalue weighted by atomic mass is 9.99. The third-order valence-electron chi connectivity index (χ3n) is 7.42. The fourth-order valence-corrected chi connectivity index (χ4v) is 5.36. The predicted molar refractivity (Wildman–Crippen MR) is 141 cm³/mol. The lowest BCUT2D eigenvalue weighted by Gasteiger charge is -2.22. The summed E-state index contributed by atoms with van der Waals surface area (Å²) >= 11 is 0. The van der Waals surface area contributed by atoms with Crippen molar-refractivity contribution >= 4 is 0 Å². The van der Waals surface area contributed by atoms with Gasteiger partial charge in [0.15, 0.2) is 17.4 Å². The van der Waals surface area contributed by atoms with Gasteiger partial charge < -0.3 is 10.1 Å². The van der Waals surface area contributed by atoms with Gasteiger partial charge in [-0.05, 0) is 67.2 Å². The van der Waals surface area contributed by atoms with Crippen molar-refractivity contribution in [3.05, 3.63) is 99.5 Å². The van der Waals surface area contributed by atoms with Crippen LogP contribution < -0.4 is 15.6 Å². The molecular weight excluding hydrogens is 519 g/mol. The first-order valence-electron chi connectivity index (χ1n) is 13.0. The molecule has 10 heteroatoms. The fourth-order valence-electron chi connectivity index (χ4n) is 5.36. The Morgan fingerprint density at radius 3 is 2.60 bits per heavy atom. The summed E-state index contributed by atoms with van der Waals surface area (Å²) in [6.07, 6.45) is 5.30. The van der Waals surface area contributed by atoms with Crippen molar-refractivity contribution in [2.45, 2.75) is 25.3 Å². The van der Waals surface area contributed by atoms with E-state index in [4.69, 9.17) is 4.74 Å². The quantitative estimate of drug-likeness (QED) is 0.373. The normalized spacial score (nSPS) is 15.8. The molecule has 202 valence electrons. The fraction of sp³-hybridized carbons (Fsp3) is 0.267. The smallest absolute Gasteiger partial charge is 0.314 e. The zero-order chi connectivity index (χ0) is 27.9. The van der Waals surface area contributed by atoms with E-state index in [1.165, 1.54) is 12.1 Å². The minimum Gasteiger partial charge on any atom is -0.490 e. The van der Waals surface area contributed by atoms with Gasteiger partial charge in [-0.1, -0.05) is 24.3 Å². The Morgan fingerprint density at radius 1 is 1.07 bits per heavy atom. The van der Waals surface area contributed by atoms with Crippen molar-refractivity contribution in [1.82, 2.24) is 19.9 Å². The zero-order valence-corrected chi connectivity index (χ0v) is 21.3. The van der Waals surface area contributed by atoms with Crippen LogP contribution in [0.25, 0.3) is 22.5 Å². The van der Waals surface area contributed by atoms with Crippen molar-refractivity contribution in [1.29, 1.82) is 5.26 Å². The van der Waals surface area contributed by atoms with Gasteiger partial charge in [-0.15, -0.1) is 0 Å². The van der Waals surface area contributed by atoms with Crippen LogP contribution in [-0.4, -0.2) is 34.2 Å². The first-order chi connectivity index (χ1) is 19.3. The van der Waals surface area contributed by atoms with E-state index < -0.39 is 23.0 Å². The molecule has 0 bridgehead atoms. The second kappa shape index (κ2) is 10.2. The molecule has 0 radical (unpaired) electrons. The average molecular weight is 544 g/mol. The number of piperidine rings is 1. The Bertz CT molecular complexity index is 1690. The van der Waals surface area contributed by atoms with Gasteiger partial charge in [0.05, 0.1) is 37.2 Å². The first-order valence-corrected chi connectivity index (χ1v) is 13.0. The Kier molecular flexibility index (Phi) is 6.60. The molecule has 40 heavy (non-hydrogen) atoms. The number of rotatable bonds is 6. The maximum absolute atomic E-state index is 15.6. The van der Waals surface area contributed by atoms with Gasteiger partial charge in [0.1, 0.15) is 5.69 Å². The Labute approximate surface area is 227 Å². The molecule has 2 aromatic heterocycles. The molecule has 4 aromatic rings. The van der Waals surface area contributed by atoms with E-state index in [9.17, 15) is 14.4 Å². The lowest BCUT2D eigenvalue weighted by molar-refractivity contribution is 0.0385. The van der Waals surface area contributed by atoms with E-state index in [0.29, 0.717) is 35.2 Å². The van der Waals surface area contributed by atoms with Crippen molar-refractivity contribution in [3.8, 4) is 34.3 Å². The Morgan fingerprint density at radius 2 is 1.85 bits per heavy atom. The molecule has 0 saturated carbocycles. The molecule has 6 rings (SSSR count). The molecular formula is C30H24F3N5O2. The van der Waals surface area contributed by atoms with Crippen LogP contribution in [0.15, 0.2) is 65.7 Å². The summed E-state index contributed by atoms with van der Waals surface area (Å²) in [4.78, 5) is 21.6. The van der Waals surface area contributed by atoms with E-state index in [2.05, 4.69) is 15.3 Å². The second-order valence-corrected chi connectivity index (χ2v) is 10.0. The van der Waals surface area contributed by atoms with Crippen LogP contribution >= 0.6 is 0 Å². The van der Waals surface area contributed by atoms with Crippen LogP contribution in [0.3, 0.4) is 0 Å². The molecule has 1 fully saturated rings. The van der Waals surface area contributed by atoms with Crippen LogP contribution in [0.4, 0.5) is 13.2 Å². The Balaban J connectivity index is 1.28. The number of halogens is 3. The molecule has 3 heterocycles. The third-order valence-corrected chi connectivity index (χ3v) is 7.42. The van der Waals surface area contributed by atoms with Crippen molar-refractivity contribution in [3.63, 3.8) is 0 Å². The maximum Gasteiger partial charge on any atom is 0.314 e. The van der Waals surface area contributed by atoms with E-state index in [1.807, 2.05) is 6.07 Å². The van der Waals surface area contributed by atoms with Crippen molar-refractivity contribution < 1.29 is 17.9 Å². The summed E-state index contributed by atoms with van der Waals surface area (Å²) in [5.74, 6) is -3.25. The molecule has 0 amide bonds. The number of ether oxygens (including phenoxy) is 1. The van der Waals surface area contributed by atoms with Gasteiger partial charge in [-0.2, -0.15) is 14.0 Å². The molecule has 1 aliphatic heterocycles. The number of hydrogen-bond acceptors (Lipinski definition) is 6. The van der Waals surface area contributed by atoms with E-state index in [0.717, 1.165) is 42.6 Å². The molecule has 0 spiro atoms. The zero-order valence-electron chi connectivity index (χ0n) is 21.3. The second-order valence-electron chi connectivity index (χ2n) is 10.0. The largest absolute Gasteiger partial charge is 0.490 e. The molecule has 0 atom stereocenters. The van der Waals surface area contributed by atoms with E-state index in [1.54, 1.807) is 36.7 Å². The standard InChI is InChI=1S/C30H24F3N5O2/c31-26-12-24-23-11-19(13-34)4-5-25(23)30(32,33)27(24)38(29(26)39)16-20-2-1-3-21(10-20)28-36-14-22(15-37-28)40-17-18-6-8-35-9-7-18/h1-5,10-12,14-15,18,35H,6-9,16-17H2. The number of pyridine rings is 1. The summed E-state index contributed by atoms with van der Waals surface area (Å²) in [7, 11) is 0. The molecule has 2 aromatic carbocycles. The number of nitrogens with zero attached hydrogens (tertiary/aromatic N) is 4. The number of hydrogen-bond donors (Lipinski definition) is 1. The molecule has 0 unspecified atom stereocenters. The van der Waals surface area contributed by atoms with E-state index in [-0.39, 0.29) is 28.8 Å². The van der Waals surface area contributed by atoms with Crippen molar-refractivity contribution in [2.75, 3.05) is 19.7 Å². The summed E-state index contributed by atoms with van der Waals surface area (Å²) < 4.78 is 52.6. The number of benzene rings is 2. The van der Waals surface area contributed by atoms with Crippen molar-refractivity contribution in [2.24, 2.45) is 5.92 Å². The van der Waals surface area contributed by atoms with E-state index >= 15 is 8.78 Å². The highest BCUT2D eigenvalue weighted by Crippen LogP contribution is 2.50. The summed E-state index contributed by atoms with van der Waals surface area (Å²) in [5.41, 5.74) is -0.917. The molecule has 2 aliphatic rings. The number of nitriles is 1. The maximum atomic E-state index is 15.6. The Hall–Kier alpha value is -4.49. The van der Waals surface area contributed by atoms with Gasteiger partial charge in [0.2, 0.25) is 0 Å². The highest BCUT2D eigenvalue weighted by molar-refractivity contribution is 5.79.